The molecule has 0 aliphatic carbocycles. The molecule has 152 valence electrons. The first-order valence-electron chi connectivity index (χ1n) is 9.32. The summed E-state index contributed by atoms with van der Waals surface area (Å²) >= 11 is 0. The summed E-state index contributed by atoms with van der Waals surface area (Å²) in [6.45, 7) is 4.55. The van der Waals surface area contributed by atoms with Crippen molar-refractivity contribution in [2.75, 3.05) is 17.8 Å². The normalized spacial score (nSPS) is 16.2. The molecule has 0 atom stereocenters. The highest BCUT2D eigenvalue weighted by molar-refractivity contribution is 7.91. The van der Waals surface area contributed by atoms with Crippen LogP contribution in [-0.2, 0) is 20.6 Å². The lowest BCUT2D eigenvalue weighted by atomic mass is 10.0. The van der Waals surface area contributed by atoms with Crippen molar-refractivity contribution in [1.82, 2.24) is 14.7 Å². The Hall–Kier alpha value is -2.39. The standard InChI is InChI=1S/C19H27N5O3S/c1-19(2,20)18(25)23-12-9-16(10-13-23)24-17(8-11-21-24)22-28(26,27)14-15-6-4-3-5-7-15/h3-8,11,16,22H,9-10,12-14,20H2,1-2H3. The van der Waals surface area contributed by atoms with Crippen molar-refractivity contribution >= 4 is 21.7 Å². The molecule has 9 heteroatoms. The second kappa shape index (κ2) is 7.92. The number of carbonyl (C=O) groups excluding carboxylic acids is 1. The van der Waals surface area contributed by atoms with Gasteiger partial charge in [-0.05, 0) is 32.3 Å². The van der Waals surface area contributed by atoms with Gasteiger partial charge in [-0.1, -0.05) is 30.3 Å². The molecular weight excluding hydrogens is 378 g/mol. The predicted octanol–water partition coefficient (Wildman–Crippen LogP) is 1.73. The number of piperidine rings is 1. The molecule has 2 aromatic rings. The molecule has 2 heterocycles. The van der Waals surface area contributed by atoms with E-state index in [0.717, 1.165) is 5.56 Å². The summed E-state index contributed by atoms with van der Waals surface area (Å²) in [5.41, 5.74) is 5.74. The zero-order chi connectivity index (χ0) is 20.4. The van der Waals surface area contributed by atoms with Crippen LogP contribution in [0.25, 0.3) is 0 Å². The van der Waals surface area contributed by atoms with Crippen LogP contribution in [0, 0.1) is 0 Å². The van der Waals surface area contributed by atoms with E-state index in [-0.39, 0.29) is 17.7 Å². The summed E-state index contributed by atoms with van der Waals surface area (Å²) in [4.78, 5) is 14.1. The molecular formula is C19H27N5O3S. The average molecular weight is 406 g/mol. The van der Waals surface area contributed by atoms with Crippen LogP contribution in [0.2, 0.25) is 0 Å². The number of likely N-dealkylation sites (tertiary alicyclic amines) is 1. The zero-order valence-electron chi connectivity index (χ0n) is 16.2. The van der Waals surface area contributed by atoms with Crippen LogP contribution in [0.5, 0.6) is 0 Å². The largest absolute Gasteiger partial charge is 0.341 e. The fourth-order valence-corrected chi connectivity index (χ4v) is 4.58. The molecule has 3 N–H and O–H groups in total. The van der Waals surface area contributed by atoms with Crippen molar-refractivity contribution in [1.29, 1.82) is 0 Å². The van der Waals surface area contributed by atoms with Gasteiger partial charge in [0.2, 0.25) is 15.9 Å². The Morgan fingerprint density at radius 2 is 1.86 bits per heavy atom. The third-order valence-electron chi connectivity index (χ3n) is 4.78. The number of benzene rings is 1. The number of nitrogens with zero attached hydrogens (tertiary/aromatic N) is 3. The zero-order valence-corrected chi connectivity index (χ0v) is 17.0. The Balaban J connectivity index is 1.65. The number of hydrogen-bond acceptors (Lipinski definition) is 5. The van der Waals surface area contributed by atoms with Crippen molar-refractivity contribution in [3.05, 3.63) is 48.2 Å². The van der Waals surface area contributed by atoms with Crippen LogP contribution < -0.4 is 10.5 Å². The molecule has 28 heavy (non-hydrogen) atoms. The predicted molar refractivity (Wildman–Crippen MR) is 108 cm³/mol. The maximum Gasteiger partial charge on any atom is 0.242 e. The Kier molecular flexibility index (Phi) is 5.76. The number of sulfonamides is 1. The third kappa shape index (κ3) is 4.90. The fraction of sp³-hybridized carbons (Fsp3) is 0.474. The number of amides is 1. The van der Waals surface area contributed by atoms with Gasteiger partial charge in [0.05, 0.1) is 23.5 Å². The van der Waals surface area contributed by atoms with Gasteiger partial charge in [0.25, 0.3) is 0 Å². The molecule has 0 bridgehead atoms. The summed E-state index contributed by atoms with van der Waals surface area (Å²) in [5, 5.41) is 4.31. The molecule has 1 saturated heterocycles. The van der Waals surface area contributed by atoms with E-state index in [4.69, 9.17) is 5.73 Å². The first-order chi connectivity index (χ1) is 13.2. The molecule has 1 aromatic carbocycles. The highest BCUT2D eigenvalue weighted by Gasteiger charge is 2.32. The van der Waals surface area contributed by atoms with E-state index in [2.05, 4.69) is 9.82 Å². The second-order valence-electron chi connectivity index (χ2n) is 7.75. The van der Waals surface area contributed by atoms with Gasteiger partial charge in [0.1, 0.15) is 5.82 Å². The quantitative estimate of drug-likeness (QED) is 0.760. The lowest BCUT2D eigenvalue weighted by molar-refractivity contribution is -0.137. The van der Waals surface area contributed by atoms with Gasteiger partial charge in [0, 0.05) is 19.2 Å². The lowest BCUT2D eigenvalue weighted by Gasteiger charge is -2.36. The Bertz CT molecular complexity index is 911. The number of rotatable bonds is 6. The van der Waals surface area contributed by atoms with Gasteiger partial charge >= 0.3 is 0 Å². The molecule has 8 nitrogen and oxygen atoms in total. The number of anilines is 1. The average Bonchev–Trinajstić information content (AvgIpc) is 3.08. The lowest BCUT2D eigenvalue weighted by Crippen LogP contribution is -2.53. The van der Waals surface area contributed by atoms with Gasteiger partial charge in [-0.25, -0.2) is 13.1 Å². The van der Waals surface area contributed by atoms with Crippen LogP contribution in [-0.4, -0.2) is 47.6 Å². The second-order valence-corrected chi connectivity index (χ2v) is 9.48. The summed E-state index contributed by atoms with van der Waals surface area (Å²) in [7, 11) is -3.55. The molecule has 0 spiro atoms. The van der Waals surface area contributed by atoms with E-state index in [1.165, 1.54) is 0 Å². The van der Waals surface area contributed by atoms with E-state index < -0.39 is 15.6 Å². The minimum Gasteiger partial charge on any atom is -0.341 e. The first kappa shape index (κ1) is 20.3. The van der Waals surface area contributed by atoms with E-state index in [9.17, 15) is 13.2 Å². The van der Waals surface area contributed by atoms with Gasteiger partial charge in [-0.15, -0.1) is 0 Å². The van der Waals surface area contributed by atoms with Crippen LogP contribution >= 0.6 is 0 Å². The van der Waals surface area contributed by atoms with Crippen LogP contribution in [0.3, 0.4) is 0 Å². The number of aromatic nitrogens is 2. The Morgan fingerprint density at radius 1 is 1.21 bits per heavy atom. The molecule has 1 aromatic heterocycles. The number of nitrogens with two attached hydrogens (primary N) is 1. The molecule has 0 radical (unpaired) electrons. The maximum absolute atomic E-state index is 12.5. The number of carbonyl (C=O) groups is 1. The molecule has 0 unspecified atom stereocenters. The first-order valence-corrected chi connectivity index (χ1v) is 11.0. The van der Waals surface area contributed by atoms with Crippen LogP contribution in [0.1, 0.15) is 38.3 Å². The van der Waals surface area contributed by atoms with E-state index in [0.29, 0.717) is 31.7 Å². The molecule has 3 rings (SSSR count). The van der Waals surface area contributed by atoms with Crippen LogP contribution in [0.4, 0.5) is 5.82 Å². The third-order valence-corrected chi connectivity index (χ3v) is 6.01. The highest BCUT2D eigenvalue weighted by atomic mass is 32.2. The van der Waals surface area contributed by atoms with Crippen molar-refractivity contribution in [3.8, 4) is 0 Å². The Morgan fingerprint density at radius 3 is 2.46 bits per heavy atom. The Labute approximate surface area is 165 Å². The molecule has 1 amide bonds. The smallest absolute Gasteiger partial charge is 0.242 e. The highest BCUT2D eigenvalue weighted by Crippen LogP contribution is 2.27. The molecule has 1 fully saturated rings. The minimum atomic E-state index is -3.55. The monoisotopic (exact) mass is 405 g/mol. The van der Waals surface area contributed by atoms with Gasteiger partial charge in [-0.2, -0.15) is 5.10 Å². The van der Waals surface area contributed by atoms with Crippen molar-refractivity contribution < 1.29 is 13.2 Å². The summed E-state index contributed by atoms with van der Waals surface area (Å²) in [6, 6.07) is 10.7. The fourth-order valence-electron chi connectivity index (χ4n) is 3.40. The van der Waals surface area contributed by atoms with E-state index >= 15 is 0 Å². The molecule has 0 saturated carbocycles. The topological polar surface area (TPSA) is 110 Å². The number of nitrogens with one attached hydrogen (secondary N) is 1. The summed E-state index contributed by atoms with van der Waals surface area (Å²) in [6.07, 6.45) is 2.97. The van der Waals surface area contributed by atoms with Gasteiger partial charge in [-0.3, -0.25) is 9.52 Å². The van der Waals surface area contributed by atoms with Gasteiger partial charge < -0.3 is 10.6 Å². The van der Waals surface area contributed by atoms with Crippen molar-refractivity contribution in [2.45, 2.75) is 44.0 Å². The number of hydrogen-bond donors (Lipinski definition) is 2. The maximum atomic E-state index is 12.5. The van der Waals surface area contributed by atoms with Crippen molar-refractivity contribution in [3.63, 3.8) is 0 Å². The SMILES string of the molecule is CC(C)(N)C(=O)N1CCC(n2nccc2NS(=O)(=O)Cc2ccccc2)CC1. The van der Waals surface area contributed by atoms with Gasteiger partial charge in [0.15, 0.2) is 0 Å². The summed E-state index contributed by atoms with van der Waals surface area (Å²) in [5.74, 6) is 0.271. The summed E-state index contributed by atoms with van der Waals surface area (Å²) < 4.78 is 29.4. The van der Waals surface area contributed by atoms with E-state index in [1.54, 1.807) is 47.8 Å². The van der Waals surface area contributed by atoms with E-state index in [1.807, 2.05) is 18.2 Å². The van der Waals surface area contributed by atoms with Crippen LogP contribution in [0.15, 0.2) is 42.6 Å². The van der Waals surface area contributed by atoms with Crippen molar-refractivity contribution in [2.24, 2.45) is 5.73 Å². The minimum absolute atomic E-state index is 0.0226. The molecule has 1 aliphatic heterocycles. The molecule has 1 aliphatic rings.